The van der Waals surface area contributed by atoms with Crippen LogP contribution in [-0.2, 0) is 9.47 Å². The summed E-state index contributed by atoms with van der Waals surface area (Å²) in [5.74, 6) is -2.55. The Bertz CT molecular complexity index is 610. The van der Waals surface area contributed by atoms with E-state index in [2.05, 4.69) is 5.29 Å². The maximum Gasteiger partial charge on any atom is 0.345 e. The molecule has 0 bridgehead atoms. The molecule has 0 aromatic carbocycles. The molecule has 2 saturated heterocycles. The van der Waals surface area contributed by atoms with Crippen LogP contribution in [0.4, 0.5) is 4.79 Å². The molecule has 12 nitrogen and oxygen atoms in total. The first-order valence-electron chi connectivity index (χ1n) is 10.3. The van der Waals surface area contributed by atoms with Crippen LogP contribution in [0.5, 0.6) is 0 Å². The molecule has 2 rings (SSSR count). The number of urea groups is 1. The normalized spacial score (nSPS) is 34.5. The molecule has 0 aliphatic carbocycles. The second kappa shape index (κ2) is 11.1. The second-order valence-corrected chi connectivity index (χ2v) is 8.71. The van der Waals surface area contributed by atoms with Gasteiger partial charge in [-0.05, 0) is 18.8 Å². The fourth-order valence-electron chi connectivity index (χ4n) is 3.90. The molecule has 31 heavy (non-hydrogen) atoms. The van der Waals surface area contributed by atoms with E-state index in [1.54, 1.807) is 13.8 Å². The summed E-state index contributed by atoms with van der Waals surface area (Å²) in [5.41, 5.74) is 0. The van der Waals surface area contributed by atoms with E-state index >= 15 is 0 Å². The minimum atomic E-state index is -2.28. The zero-order valence-corrected chi connectivity index (χ0v) is 18.3. The average molecular weight is 470 g/mol. The number of nitrogens with zero attached hydrogens (tertiary/aromatic N) is 3. The van der Waals surface area contributed by atoms with Gasteiger partial charge in [-0.1, -0.05) is 13.8 Å². The molecule has 2 heterocycles. The molecule has 7 atom stereocenters. The SMILES string of the molecule is CC(C)C[C@]1(O)O[C@H](C(O)N(CC2CCCO2)C(=O)N(CCCl)N=O)[C@@H](O)[C@H](O)[C@H]1O. The van der Waals surface area contributed by atoms with Gasteiger partial charge < -0.3 is 35.0 Å². The number of halogens is 1. The highest BCUT2D eigenvalue weighted by Gasteiger charge is 2.56. The predicted octanol–water partition coefficient (Wildman–Crippen LogP) is -0.656. The summed E-state index contributed by atoms with van der Waals surface area (Å²) in [6.45, 7) is 3.54. The zero-order chi connectivity index (χ0) is 23.3. The van der Waals surface area contributed by atoms with Crippen LogP contribution in [0.25, 0.3) is 0 Å². The Hall–Kier alpha value is -1.12. The van der Waals surface area contributed by atoms with Gasteiger partial charge in [-0.15, -0.1) is 16.5 Å². The molecule has 2 fully saturated rings. The molecule has 180 valence electrons. The fourth-order valence-corrected chi connectivity index (χ4v) is 4.06. The lowest BCUT2D eigenvalue weighted by Gasteiger charge is -2.49. The lowest BCUT2D eigenvalue weighted by Crippen LogP contribution is -2.69. The van der Waals surface area contributed by atoms with Gasteiger partial charge in [0.05, 0.1) is 24.5 Å². The van der Waals surface area contributed by atoms with Crippen molar-refractivity contribution in [2.24, 2.45) is 11.2 Å². The highest BCUT2D eigenvalue weighted by molar-refractivity contribution is 6.18. The van der Waals surface area contributed by atoms with E-state index in [1.165, 1.54) is 0 Å². The Labute approximate surface area is 185 Å². The third-order valence-electron chi connectivity index (χ3n) is 5.41. The minimum Gasteiger partial charge on any atom is -0.387 e. The first kappa shape index (κ1) is 26.1. The van der Waals surface area contributed by atoms with Crippen LogP contribution in [-0.4, -0.2) is 110 Å². The summed E-state index contributed by atoms with van der Waals surface area (Å²) < 4.78 is 11.0. The smallest absolute Gasteiger partial charge is 0.345 e. The van der Waals surface area contributed by atoms with Gasteiger partial charge in [0.15, 0.2) is 12.0 Å². The van der Waals surface area contributed by atoms with Crippen LogP contribution in [0.3, 0.4) is 0 Å². The van der Waals surface area contributed by atoms with Crippen molar-refractivity contribution >= 4 is 17.6 Å². The molecule has 0 radical (unpaired) electrons. The van der Waals surface area contributed by atoms with Crippen molar-refractivity contribution in [3.05, 3.63) is 4.91 Å². The van der Waals surface area contributed by atoms with Gasteiger partial charge in [0.1, 0.15) is 24.4 Å². The quantitative estimate of drug-likeness (QED) is 0.127. The van der Waals surface area contributed by atoms with Crippen LogP contribution >= 0.6 is 11.6 Å². The first-order chi connectivity index (χ1) is 14.6. The van der Waals surface area contributed by atoms with Crippen LogP contribution in [0.1, 0.15) is 33.1 Å². The molecule has 2 aliphatic heterocycles. The number of carbonyl (C=O) groups excluding carboxylic acids is 1. The predicted molar refractivity (Wildman–Crippen MR) is 108 cm³/mol. The Morgan fingerprint density at radius 2 is 1.97 bits per heavy atom. The molecule has 13 heteroatoms. The molecule has 2 unspecified atom stereocenters. The van der Waals surface area contributed by atoms with Gasteiger partial charge in [0.2, 0.25) is 0 Å². The van der Waals surface area contributed by atoms with E-state index in [0.717, 1.165) is 11.3 Å². The number of hydrogen-bond donors (Lipinski definition) is 5. The van der Waals surface area contributed by atoms with E-state index in [-0.39, 0.29) is 31.3 Å². The van der Waals surface area contributed by atoms with Crippen molar-refractivity contribution in [2.45, 2.75) is 75.6 Å². The fraction of sp³-hybridized carbons (Fsp3) is 0.944. The van der Waals surface area contributed by atoms with Crippen molar-refractivity contribution in [1.82, 2.24) is 9.91 Å². The largest absolute Gasteiger partial charge is 0.387 e. The third kappa shape index (κ3) is 6.02. The van der Waals surface area contributed by atoms with Crippen molar-refractivity contribution in [1.29, 1.82) is 0 Å². The molecule has 2 aliphatic rings. The molecule has 0 aromatic rings. The summed E-state index contributed by atoms with van der Waals surface area (Å²) in [4.78, 5) is 24.8. The van der Waals surface area contributed by atoms with E-state index in [1.807, 2.05) is 0 Å². The summed E-state index contributed by atoms with van der Waals surface area (Å²) in [6.07, 6.45) is -8.40. The van der Waals surface area contributed by atoms with Crippen molar-refractivity contribution in [3.63, 3.8) is 0 Å². The molecular formula is C18H32ClN3O9. The molecule has 0 saturated carbocycles. The van der Waals surface area contributed by atoms with Gasteiger partial charge in [0.25, 0.3) is 0 Å². The number of aliphatic hydroxyl groups excluding tert-OH is 4. The standard InChI is InChI=1S/C18H32ClN3O9/c1-10(2)8-18(28)15(25)13(24)12(23)14(31-18)16(26)21(9-11-4-3-7-30-11)17(27)22(20-29)6-5-19/h10-16,23-26,28H,3-9H2,1-2H3/t11?,12-,13-,14-,15+,16?,18-/m0/s1. The summed E-state index contributed by atoms with van der Waals surface area (Å²) in [5, 5.41) is 55.9. The summed E-state index contributed by atoms with van der Waals surface area (Å²) in [7, 11) is 0. The number of nitroso groups, excluding NO2 is 1. The molecular weight excluding hydrogens is 438 g/mol. The number of amides is 2. The second-order valence-electron chi connectivity index (χ2n) is 8.33. The van der Waals surface area contributed by atoms with Crippen LogP contribution in [0, 0.1) is 10.8 Å². The summed E-state index contributed by atoms with van der Waals surface area (Å²) >= 11 is 5.61. The number of rotatable bonds is 9. The lowest BCUT2D eigenvalue weighted by molar-refractivity contribution is -0.367. The number of carbonyl (C=O) groups is 1. The van der Waals surface area contributed by atoms with E-state index in [4.69, 9.17) is 21.1 Å². The number of aliphatic hydroxyl groups is 5. The Kier molecular flexibility index (Phi) is 9.40. The molecule has 0 spiro atoms. The Balaban J connectivity index is 2.32. The maximum absolute atomic E-state index is 12.9. The van der Waals surface area contributed by atoms with E-state index in [9.17, 15) is 35.2 Å². The van der Waals surface area contributed by atoms with E-state index < -0.39 is 48.6 Å². The highest BCUT2D eigenvalue weighted by Crippen LogP contribution is 2.35. The van der Waals surface area contributed by atoms with Crippen molar-refractivity contribution in [3.8, 4) is 0 Å². The average Bonchev–Trinajstić information content (AvgIpc) is 3.23. The van der Waals surface area contributed by atoms with E-state index in [0.29, 0.717) is 18.0 Å². The zero-order valence-electron chi connectivity index (χ0n) is 17.6. The van der Waals surface area contributed by atoms with Crippen LogP contribution in [0.2, 0.25) is 0 Å². The van der Waals surface area contributed by atoms with Crippen LogP contribution < -0.4 is 0 Å². The number of ether oxygens (including phenoxy) is 2. The van der Waals surface area contributed by atoms with Gasteiger partial charge in [-0.3, -0.25) is 4.90 Å². The topological polar surface area (TPSA) is 173 Å². The van der Waals surface area contributed by atoms with Crippen molar-refractivity contribution < 1.29 is 39.8 Å². The maximum atomic E-state index is 12.9. The third-order valence-corrected chi connectivity index (χ3v) is 5.58. The molecule has 5 N–H and O–H groups in total. The molecule has 0 aromatic heterocycles. The van der Waals surface area contributed by atoms with Gasteiger partial charge in [-0.25, -0.2) is 4.79 Å². The summed E-state index contributed by atoms with van der Waals surface area (Å²) in [6, 6.07) is -1.01. The Morgan fingerprint density at radius 1 is 1.29 bits per heavy atom. The minimum absolute atomic E-state index is 0.0943. The van der Waals surface area contributed by atoms with Gasteiger partial charge >= 0.3 is 6.03 Å². The highest BCUT2D eigenvalue weighted by atomic mass is 35.5. The number of alkyl halides is 1. The lowest BCUT2D eigenvalue weighted by atomic mass is 9.87. The van der Waals surface area contributed by atoms with Crippen molar-refractivity contribution in [2.75, 3.05) is 25.6 Å². The van der Waals surface area contributed by atoms with Gasteiger partial charge in [-0.2, -0.15) is 5.01 Å². The first-order valence-corrected chi connectivity index (χ1v) is 10.8. The number of hydrogen-bond acceptors (Lipinski definition) is 10. The van der Waals surface area contributed by atoms with Crippen LogP contribution in [0.15, 0.2) is 5.29 Å². The van der Waals surface area contributed by atoms with Gasteiger partial charge in [0, 0.05) is 18.9 Å². The molecule has 2 amide bonds. The monoisotopic (exact) mass is 469 g/mol. The Morgan fingerprint density at radius 3 is 2.48 bits per heavy atom.